The molecule has 0 saturated carbocycles. The predicted molar refractivity (Wildman–Crippen MR) is 41.3 cm³/mol. The molecule has 1 aliphatic carbocycles. The molecule has 0 bridgehead atoms. The third-order valence-electron chi connectivity index (χ3n) is 2.08. The van der Waals surface area contributed by atoms with Crippen LogP contribution >= 0.6 is 0 Å². The molecule has 50 valence electrons. The molecular weight excluding hydrogens is 108 g/mol. The van der Waals surface area contributed by atoms with Crippen LogP contribution in [0.25, 0.3) is 0 Å². The summed E-state index contributed by atoms with van der Waals surface area (Å²) >= 11 is 0. The molecular formula is C9H14. The van der Waals surface area contributed by atoms with Crippen LogP contribution in [0, 0.1) is 5.92 Å². The van der Waals surface area contributed by atoms with Crippen LogP contribution in [0.4, 0.5) is 0 Å². The lowest BCUT2D eigenvalue weighted by atomic mass is 9.99. The lowest BCUT2D eigenvalue weighted by Gasteiger charge is -2.06. The van der Waals surface area contributed by atoms with E-state index in [9.17, 15) is 0 Å². The summed E-state index contributed by atoms with van der Waals surface area (Å²) in [6, 6.07) is 0. The fourth-order valence-corrected chi connectivity index (χ4v) is 1.41. The number of rotatable bonds is 2. The molecule has 0 aromatic heterocycles. The minimum Gasteiger partial charge on any atom is -0.103 e. The quantitative estimate of drug-likeness (QED) is 0.494. The van der Waals surface area contributed by atoms with Gasteiger partial charge in [0.15, 0.2) is 0 Å². The van der Waals surface area contributed by atoms with Crippen LogP contribution in [0.1, 0.15) is 26.2 Å². The molecule has 0 radical (unpaired) electrons. The van der Waals surface area contributed by atoms with Gasteiger partial charge in [-0.2, -0.15) is 0 Å². The maximum atomic E-state index is 3.73. The van der Waals surface area contributed by atoms with E-state index in [4.69, 9.17) is 0 Å². The second-order valence-corrected chi connectivity index (χ2v) is 2.75. The highest BCUT2D eigenvalue weighted by Gasteiger charge is 2.12. The van der Waals surface area contributed by atoms with Gasteiger partial charge in [-0.05, 0) is 32.1 Å². The van der Waals surface area contributed by atoms with Gasteiger partial charge in [0.25, 0.3) is 0 Å². The van der Waals surface area contributed by atoms with E-state index in [1.54, 1.807) is 5.57 Å². The van der Waals surface area contributed by atoms with Crippen molar-refractivity contribution in [3.8, 4) is 0 Å². The molecule has 0 aromatic carbocycles. The first kappa shape index (κ1) is 6.60. The zero-order chi connectivity index (χ0) is 6.69. The predicted octanol–water partition coefficient (Wildman–Crippen LogP) is 2.92. The third kappa shape index (κ3) is 1.44. The van der Waals surface area contributed by atoms with Crippen molar-refractivity contribution in [1.82, 2.24) is 0 Å². The first-order chi connectivity index (χ1) is 4.34. The van der Waals surface area contributed by atoms with Gasteiger partial charge in [0.2, 0.25) is 0 Å². The number of hydrogen-bond acceptors (Lipinski definition) is 0. The van der Waals surface area contributed by atoms with Gasteiger partial charge in [-0.1, -0.05) is 17.7 Å². The van der Waals surface area contributed by atoms with E-state index >= 15 is 0 Å². The van der Waals surface area contributed by atoms with E-state index in [2.05, 4.69) is 19.6 Å². The Bertz CT molecular complexity index is 131. The summed E-state index contributed by atoms with van der Waals surface area (Å²) in [7, 11) is 0. The van der Waals surface area contributed by atoms with E-state index in [0.29, 0.717) is 0 Å². The Labute approximate surface area is 57.3 Å². The third-order valence-corrected chi connectivity index (χ3v) is 2.08. The van der Waals surface area contributed by atoms with E-state index in [-0.39, 0.29) is 0 Å². The van der Waals surface area contributed by atoms with Gasteiger partial charge in [0, 0.05) is 0 Å². The van der Waals surface area contributed by atoms with Gasteiger partial charge in [-0.25, -0.2) is 0 Å². The molecule has 0 spiro atoms. The van der Waals surface area contributed by atoms with Crippen LogP contribution in [0.3, 0.4) is 0 Å². The maximum absolute atomic E-state index is 3.73. The minimum atomic E-state index is 0.822. The van der Waals surface area contributed by atoms with Crippen LogP contribution in [-0.2, 0) is 0 Å². The van der Waals surface area contributed by atoms with Gasteiger partial charge in [0.1, 0.15) is 0 Å². The van der Waals surface area contributed by atoms with Crippen LogP contribution in [-0.4, -0.2) is 0 Å². The number of allylic oxidation sites excluding steroid dienone is 3. The lowest BCUT2D eigenvalue weighted by molar-refractivity contribution is 0.615. The van der Waals surface area contributed by atoms with Gasteiger partial charge in [-0.3, -0.25) is 0 Å². The normalized spacial score (nSPS) is 25.9. The average molecular weight is 122 g/mol. The molecule has 1 aliphatic rings. The van der Waals surface area contributed by atoms with E-state index in [0.717, 1.165) is 5.92 Å². The molecule has 0 fully saturated rings. The second-order valence-electron chi connectivity index (χ2n) is 2.75. The molecule has 9 heavy (non-hydrogen) atoms. The molecule has 0 heterocycles. The summed E-state index contributed by atoms with van der Waals surface area (Å²) in [6.07, 6.45) is 8.16. The molecule has 1 unspecified atom stereocenters. The standard InChI is InChI=1S/C9H14/c1-3-5-9-7-4-6-8(9)2/h3,6,9H,1,4-5,7H2,2H3. The van der Waals surface area contributed by atoms with Crippen molar-refractivity contribution in [1.29, 1.82) is 0 Å². The summed E-state index contributed by atoms with van der Waals surface area (Å²) in [5.74, 6) is 0.822. The van der Waals surface area contributed by atoms with Crippen molar-refractivity contribution >= 4 is 0 Å². The Hall–Kier alpha value is -0.520. The van der Waals surface area contributed by atoms with Crippen LogP contribution in [0.15, 0.2) is 24.3 Å². The molecule has 0 heteroatoms. The minimum absolute atomic E-state index is 0.822. The molecule has 1 atom stereocenters. The fraction of sp³-hybridized carbons (Fsp3) is 0.556. The molecule has 0 aliphatic heterocycles. The molecule has 1 rings (SSSR count). The Kier molecular flexibility index (Phi) is 2.10. The smallest absolute Gasteiger partial charge is 0.0169 e. The summed E-state index contributed by atoms with van der Waals surface area (Å²) in [6.45, 7) is 5.95. The monoisotopic (exact) mass is 122 g/mol. The zero-order valence-corrected chi connectivity index (χ0v) is 6.06. The maximum Gasteiger partial charge on any atom is -0.0169 e. The second kappa shape index (κ2) is 2.86. The lowest BCUT2D eigenvalue weighted by Crippen LogP contribution is -1.93. The fourth-order valence-electron chi connectivity index (χ4n) is 1.41. The molecule has 0 saturated heterocycles. The van der Waals surface area contributed by atoms with Crippen molar-refractivity contribution < 1.29 is 0 Å². The average Bonchev–Trinajstić information content (AvgIpc) is 2.18. The molecule has 0 amide bonds. The summed E-state index contributed by atoms with van der Waals surface area (Å²) in [5.41, 5.74) is 1.56. The van der Waals surface area contributed by atoms with Gasteiger partial charge in [0.05, 0.1) is 0 Å². The van der Waals surface area contributed by atoms with Crippen molar-refractivity contribution in [3.63, 3.8) is 0 Å². The first-order valence-electron chi connectivity index (χ1n) is 3.62. The van der Waals surface area contributed by atoms with Crippen LogP contribution in [0.2, 0.25) is 0 Å². The summed E-state index contributed by atoms with van der Waals surface area (Å²) in [4.78, 5) is 0. The molecule has 0 aromatic rings. The van der Waals surface area contributed by atoms with E-state index in [1.165, 1.54) is 19.3 Å². The highest BCUT2D eigenvalue weighted by Crippen LogP contribution is 2.27. The van der Waals surface area contributed by atoms with Crippen molar-refractivity contribution in [3.05, 3.63) is 24.3 Å². The highest BCUT2D eigenvalue weighted by molar-refractivity contribution is 5.10. The molecule has 0 nitrogen and oxygen atoms in total. The van der Waals surface area contributed by atoms with Crippen molar-refractivity contribution in [2.45, 2.75) is 26.2 Å². The Morgan fingerprint density at radius 3 is 3.11 bits per heavy atom. The Morgan fingerprint density at radius 2 is 2.67 bits per heavy atom. The SMILES string of the molecule is C=CCC1CCC=C1C. The van der Waals surface area contributed by atoms with Gasteiger partial charge >= 0.3 is 0 Å². The van der Waals surface area contributed by atoms with Gasteiger partial charge in [-0.15, -0.1) is 6.58 Å². The Balaban J connectivity index is 2.42. The molecule has 0 N–H and O–H groups in total. The largest absolute Gasteiger partial charge is 0.103 e. The summed E-state index contributed by atoms with van der Waals surface area (Å²) in [5, 5.41) is 0. The highest BCUT2D eigenvalue weighted by atomic mass is 14.2. The van der Waals surface area contributed by atoms with E-state index < -0.39 is 0 Å². The van der Waals surface area contributed by atoms with Crippen LogP contribution in [0.5, 0.6) is 0 Å². The van der Waals surface area contributed by atoms with Crippen LogP contribution < -0.4 is 0 Å². The zero-order valence-electron chi connectivity index (χ0n) is 6.06. The topological polar surface area (TPSA) is 0 Å². The van der Waals surface area contributed by atoms with E-state index in [1.807, 2.05) is 6.08 Å². The van der Waals surface area contributed by atoms with Crippen molar-refractivity contribution in [2.24, 2.45) is 5.92 Å². The van der Waals surface area contributed by atoms with Gasteiger partial charge < -0.3 is 0 Å². The van der Waals surface area contributed by atoms with Crippen molar-refractivity contribution in [2.75, 3.05) is 0 Å². The first-order valence-corrected chi connectivity index (χ1v) is 3.62. The Morgan fingerprint density at radius 1 is 1.89 bits per heavy atom. The number of hydrogen-bond donors (Lipinski definition) is 0. The summed E-state index contributed by atoms with van der Waals surface area (Å²) < 4.78 is 0.